The molecule has 2 rings (SSSR count). The fourth-order valence-corrected chi connectivity index (χ4v) is 5.29. The van der Waals surface area contributed by atoms with Gasteiger partial charge in [-0.2, -0.15) is 0 Å². The first-order valence-electron chi connectivity index (χ1n) is 4.05. The second-order valence-electron chi connectivity index (χ2n) is 3.10. The molecule has 0 N–H and O–H groups in total. The highest BCUT2D eigenvalue weighted by Crippen LogP contribution is 2.42. The van der Waals surface area contributed by atoms with E-state index >= 15 is 0 Å². The van der Waals surface area contributed by atoms with Crippen LogP contribution in [0.2, 0.25) is 0 Å². The zero-order chi connectivity index (χ0) is 8.55. The average molecular weight is 197 g/mol. The van der Waals surface area contributed by atoms with Crippen LogP contribution in [0.15, 0.2) is 24.3 Å². The Morgan fingerprint density at radius 1 is 1.42 bits per heavy atom. The minimum absolute atomic E-state index is 0.556. The summed E-state index contributed by atoms with van der Waals surface area (Å²) in [7, 11) is 0.556. The van der Waals surface area contributed by atoms with Crippen LogP contribution in [0.1, 0.15) is 15.7 Å². The van der Waals surface area contributed by atoms with E-state index in [9.17, 15) is 0 Å². The Morgan fingerprint density at radius 3 is 2.92 bits per heavy atom. The van der Waals surface area contributed by atoms with Gasteiger partial charge in [0, 0.05) is 22.0 Å². The fraction of sp³-hybridized carbons (Fsp3) is 0.400. The number of thioether (sulfide) groups is 1. The molecule has 1 unspecified atom stereocenters. The number of hydrogen-bond acceptors (Lipinski definition) is 1. The molecule has 0 saturated heterocycles. The third-order valence-electron chi connectivity index (χ3n) is 2.27. The monoisotopic (exact) mass is 197 g/mol. The molecule has 0 nitrogen and oxygen atoms in total. The molecule has 2 heteroatoms. The molecule has 1 aliphatic rings. The van der Waals surface area contributed by atoms with Gasteiger partial charge in [-0.15, -0.1) is 11.8 Å². The van der Waals surface area contributed by atoms with E-state index in [-0.39, 0.29) is 0 Å². The first-order chi connectivity index (χ1) is 5.83. The molecule has 0 aliphatic carbocycles. The lowest BCUT2D eigenvalue weighted by atomic mass is 10.1. The largest absolute Gasteiger partial charge is 0.189 e. The van der Waals surface area contributed by atoms with Gasteiger partial charge >= 0.3 is 0 Å². The lowest BCUT2D eigenvalue weighted by Gasteiger charge is -2.04. The zero-order valence-corrected chi connectivity index (χ0v) is 9.04. The summed E-state index contributed by atoms with van der Waals surface area (Å²) in [4.78, 5) is 0. The molecule has 1 heterocycles. The Hall–Kier alpha value is -0.0800. The molecule has 0 fully saturated rings. The van der Waals surface area contributed by atoms with Crippen LogP contribution in [-0.2, 0) is 16.6 Å². The maximum absolute atomic E-state index is 2.38. The highest BCUT2D eigenvalue weighted by atomic mass is 32.2. The number of hydrogen-bond donors (Lipinski definition) is 0. The summed E-state index contributed by atoms with van der Waals surface area (Å²) in [5, 5.41) is 0. The minimum Gasteiger partial charge on any atom is -0.104 e. The zero-order valence-electron chi connectivity index (χ0n) is 7.41. The molecule has 0 amide bonds. The summed E-state index contributed by atoms with van der Waals surface area (Å²) in [6.45, 7) is 0. The van der Waals surface area contributed by atoms with Gasteiger partial charge in [-0.3, -0.25) is 0 Å². The maximum atomic E-state index is 2.38. The van der Waals surface area contributed by atoms with Crippen LogP contribution >= 0.6 is 11.8 Å². The molecule has 1 aromatic carbocycles. The molecule has 1 aromatic rings. The fourth-order valence-electron chi connectivity index (χ4n) is 1.72. The number of rotatable bonds is 1. The molecule has 12 heavy (non-hydrogen) atoms. The van der Waals surface area contributed by atoms with E-state index in [1.54, 1.807) is 11.1 Å². The highest BCUT2D eigenvalue weighted by molar-refractivity contribution is 8.14. The van der Waals surface area contributed by atoms with Crippen molar-refractivity contribution >= 4 is 22.7 Å². The van der Waals surface area contributed by atoms with Gasteiger partial charge in [0.1, 0.15) is 5.75 Å². The van der Waals surface area contributed by atoms with E-state index < -0.39 is 0 Å². The van der Waals surface area contributed by atoms with Crippen LogP contribution in [-0.4, -0.2) is 12.5 Å². The molecule has 0 aromatic heterocycles. The van der Waals surface area contributed by atoms with Gasteiger partial charge in [0.05, 0.1) is 6.26 Å². The van der Waals surface area contributed by atoms with Crippen molar-refractivity contribution in [1.29, 1.82) is 0 Å². The van der Waals surface area contributed by atoms with E-state index in [0.717, 1.165) is 4.58 Å². The summed E-state index contributed by atoms with van der Waals surface area (Å²) in [5.41, 5.74) is 3.15. The minimum atomic E-state index is 0.556. The first kappa shape index (κ1) is 8.52. The third kappa shape index (κ3) is 1.27. The summed E-state index contributed by atoms with van der Waals surface area (Å²) >= 11 is 2.00. The number of benzene rings is 1. The van der Waals surface area contributed by atoms with Gasteiger partial charge in [-0.05, 0) is 6.26 Å². The van der Waals surface area contributed by atoms with Gasteiger partial charge in [-0.25, -0.2) is 0 Å². The molecule has 0 spiro atoms. The smallest absolute Gasteiger partial charge is 0.104 e. The summed E-state index contributed by atoms with van der Waals surface area (Å²) < 4.78 is 0.765. The lowest BCUT2D eigenvalue weighted by Crippen LogP contribution is -2.00. The van der Waals surface area contributed by atoms with E-state index in [2.05, 4.69) is 36.8 Å². The van der Waals surface area contributed by atoms with Gasteiger partial charge in [-0.1, -0.05) is 24.3 Å². The molecular formula is C10H13S2+. The van der Waals surface area contributed by atoms with Crippen molar-refractivity contribution in [2.24, 2.45) is 0 Å². The lowest BCUT2D eigenvalue weighted by molar-refractivity contribution is 1.33. The number of fused-ring (bicyclic) bond motifs is 1. The molecule has 0 radical (unpaired) electrons. The van der Waals surface area contributed by atoms with Crippen molar-refractivity contribution in [3.63, 3.8) is 0 Å². The Labute approximate surface area is 81.1 Å². The van der Waals surface area contributed by atoms with Crippen molar-refractivity contribution in [2.75, 3.05) is 12.5 Å². The standard InChI is InChI=1S/C10H13S2/c1-11-10-9-6-4-3-5-8(9)7-12(10)2/h3-6,10H,7H2,1-2H3/q+1/t10-,12?/m1/s1. The van der Waals surface area contributed by atoms with Crippen LogP contribution in [0.4, 0.5) is 0 Å². The predicted octanol–water partition coefficient (Wildman–Crippen LogP) is 2.81. The van der Waals surface area contributed by atoms with Gasteiger partial charge in [0.2, 0.25) is 0 Å². The van der Waals surface area contributed by atoms with Crippen LogP contribution in [0, 0.1) is 0 Å². The van der Waals surface area contributed by atoms with E-state index in [0.29, 0.717) is 10.9 Å². The third-order valence-corrected chi connectivity index (χ3v) is 6.27. The van der Waals surface area contributed by atoms with E-state index in [1.807, 2.05) is 11.8 Å². The Bertz CT molecular complexity index is 283. The maximum Gasteiger partial charge on any atom is 0.189 e. The van der Waals surface area contributed by atoms with E-state index in [1.165, 1.54) is 5.75 Å². The first-order valence-corrected chi connectivity index (χ1v) is 7.20. The summed E-state index contributed by atoms with van der Waals surface area (Å²) in [6, 6.07) is 8.87. The summed E-state index contributed by atoms with van der Waals surface area (Å²) in [5.74, 6) is 1.29. The van der Waals surface area contributed by atoms with Crippen molar-refractivity contribution in [3.05, 3.63) is 35.4 Å². The van der Waals surface area contributed by atoms with Gasteiger partial charge in [0.25, 0.3) is 0 Å². The predicted molar refractivity (Wildman–Crippen MR) is 59.7 cm³/mol. The molecule has 0 bridgehead atoms. The SMILES string of the molecule is CS[C@H]1c2ccccc2C[S+]1C. The highest BCUT2D eigenvalue weighted by Gasteiger charge is 2.36. The van der Waals surface area contributed by atoms with Crippen molar-refractivity contribution in [1.82, 2.24) is 0 Å². The van der Waals surface area contributed by atoms with Crippen LogP contribution < -0.4 is 0 Å². The Balaban J connectivity index is 2.40. The van der Waals surface area contributed by atoms with Crippen LogP contribution in [0.25, 0.3) is 0 Å². The van der Waals surface area contributed by atoms with Gasteiger partial charge in [0.15, 0.2) is 4.58 Å². The normalized spacial score (nSPS) is 27.2. The molecule has 64 valence electrons. The summed E-state index contributed by atoms with van der Waals surface area (Å²) in [6.07, 6.45) is 4.59. The molecule has 2 atom stereocenters. The van der Waals surface area contributed by atoms with Gasteiger partial charge < -0.3 is 0 Å². The second kappa shape index (κ2) is 3.35. The van der Waals surface area contributed by atoms with Crippen molar-refractivity contribution < 1.29 is 0 Å². The second-order valence-corrected chi connectivity index (χ2v) is 6.49. The molecule has 1 aliphatic heterocycles. The Kier molecular flexibility index (Phi) is 2.37. The Morgan fingerprint density at radius 2 is 2.17 bits per heavy atom. The van der Waals surface area contributed by atoms with Crippen LogP contribution in [0.5, 0.6) is 0 Å². The molecule has 0 saturated carbocycles. The van der Waals surface area contributed by atoms with E-state index in [4.69, 9.17) is 0 Å². The average Bonchev–Trinajstić information content (AvgIpc) is 2.40. The van der Waals surface area contributed by atoms with Crippen molar-refractivity contribution in [2.45, 2.75) is 10.3 Å². The molecular weight excluding hydrogens is 184 g/mol. The topological polar surface area (TPSA) is 0 Å². The van der Waals surface area contributed by atoms with Crippen molar-refractivity contribution in [3.8, 4) is 0 Å². The van der Waals surface area contributed by atoms with Crippen LogP contribution in [0.3, 0.4) is 0 Å². The quantitative estimate of drug-likeness (QED) is 0.624.